The van der Waals surface area contributed by atoms with Crippen molar-refractivity contribution in [2.24, 2.45) is 5.92 Å². The van der Waals surface area contributed by atoms with Crippen LogP contribution < -0.4 is 0 Å². The minimum absolute atomic E-state index is 0.00499. The van der Waals surface area contributed by atoms with E-state index < -0.39 is 5.82 Å². The van der Waals surface area contributed by atoms with Crippen LogP contribution in [0.2, 0.25) is 0 Å². The highest BCUT2D eigenvalue weighted by atomic mass is 19.1. The largest absolute Gasteiger partial charge is 0.508 e. The minimum Gasteiger partial charge on any atom is -0.508 e. The summed E-state index contributed by atoms with van der Waals surface area (Å²) in [7, 11) is 0. The van der Waals surface area contributed by atoms with Crippen molar-refractivity contribution in [3.8, 4) is 11.5 Å². The number of benzene rings is 3. The molecule has 2 nitrogen and oxygen atoms in total. The van der Waals surface area contributed by atoms with Gasteiger partial charge in [0.1, 0.15) is 11.6 Å². The molecule has 3 aromatic carbocycles. The number of phenols is 2. The third-order valence-electron chi connectivity index (χ3n) is 6.27. The molecule has 0 saturated carbocycles. The van der Waals surface area contributed by atoms with Crippen LogP contribution in [-0.4, -0.2) is 10.2 Å². The van der Waals surface area contributed by atoms with Crippen molar-refractivity contribution in [1.82, 2.24) is 0 Å². The molecule has 4 heteroatoms. The van der Waals surface area contributed by atoms with Gasteiger partial charge in [0.05, 0.1) is 0 Å². The van der Waals surface area contributed by atoms with Crippen LogP contribution in [0.4, 0.5) is 8.78 Å². The Morgan fingerprint density at radius 2 is 1.72 bits per heavy atom. The first kappa shape index (κ1) is 19.4. The summed E-state index contributed by atoms with van der Waals surface area (Å²) in [4.78, 5) is 0. The van der Waals surface area contributed by atoms with Crippen LogP contribution in [0.3, 0.4) is 0 Å². The van der Waals surface area contributed by atoms with Crippen molar-refractivity contribution in [1.29, 1.82) is 0 Å². The Morgan fingerprint density at radius 1 is 0.931 bits per heavy atom. The van der Waals surface area contributed by atoms with Crippen LogP contribution in [0.25, 0.3) is 0 Å². The number of fused-ring (bicyclic) bond motifs is 1. The van der Waals surface area contributed by atoms with E-state index in [0.29, 0.717) is 18.4 Å². The van der Waals surface area contributed by atoms with Gasteiger partial charge < -0.3 is 10.2 Å². The van der Waals surface area contributed by atoms with Crippen molar-refractivity contribution < 1.29 is 19.0 Å². The van der Waals surface area contributed by atoms with E-state index in [1.165, 1.54) is 18.2 Å². The molecule has 0 heterocycles. The average molecular weight is 394 g/mol. The van der Waals surface area contributed by atoms with E-state index in [1.807, 2.05) is 12.1 Å². The van der Waals surface area contributed by atoms with E-state index >= 15 is 0 Å². The average Bonchev–Trinajstić information content (AvgIpc) is 2.71. The molecule has 1 aliphatic carbocycles. The van der Waals surface area contributed by atoms with Gasteiger partial charge in [0.15, 0.2) is 11.6 Å². The number of rotatable bonds is 4. The van der Waals surface area contributed by atoms with E-state index in [4.69, 9.17) is 0 Å². The fourth-order valence-corrected chi connectivity index (χ4v) is 4.86. The summed E-state index contributed by atoms with van der Waals surface area (Å²) in [6.45, 7) is 2.09. The predicted octanol–water partition coefficient (Wildman–Crippen LogP) is 6.07. The topological polar surface area (TPSA) is 40.5 Å². The van der Waals surface area contributed by atoms with Gasteiger partial charge in [-0.2, -0.15) is 0 Å². The molecule has 0 unspecified atom stereocenters. The molecule has 0 aliphatic heterocycles. The summed E-state index contributed by atoms with van der Waals surface area (Å²) < 4.78 is 28.5. The highest BCUT2D eigenvalue weighted by Gasteiger charge is 2.37. The Bertz CT molecular complexity index is 1030. The maximum Gasteiger partial charge on any atom is 0.165 e. The lowest BCUT2D eigenvalue weighted by molar-refractivity contribution is 0.308. The van der Waals surface area contributed by atoms with Crippen molar-refractivity contribution in [2.45, 2.75) is 38.0 Å². The van der Waals surface area contributed by atoms with Gasteiger partial charge in [0.2, 0.25) is 0 Å². The Labute approximate surface area is 169 Å². The van der Waals surface area contributed by atoms with Gasteiger partial charge in [-0.05, 0) is 83.2 Å². The molecule has 3 aromatic rings. The molecule has 4 rings (SSSR count). The molecular weight excluding hydrogens is 370 g/mol. The lowest BCUT2D eigenvalue weighted by atomic mass is 9.64. The van der Waals surface area contributed by atoms with Crippen molar-refractivity contribution in [2.75, 3.05) is 0 Å². The Hall–Kier alpha value is -2.88. The van der Waals surface area contributed by atoms with Crippen molar-refractivity contribution in [3.63, 3.8) is 0 Å². The fourth-order valence-electron chi connectivity index (χ4n) is 4.86. The summed E-state index contributed by atoms with van der Waals surface area (Å²) in [5.74, 6) is -0.829. The van der Waals surface area contributed by atoms with Gasteiger partial charge in [-0.15, -0.1) is 0 Å². The molecule has 2 N–H and O–H groups in total. The molecule has 0 amide bonds. The highest BCUT2D eigenvalue weighted by molar-refractivity contribution is 5.44. The van der Waals surface area contributed by atoms with Gasteiger partial charge in [-0.3, -0.25) is 0 Å². The smallest absolute Gasteiger partial charge is 0.165 e. The first-order valence-electron chi connectivity index (χ1n) is 10.0. The third-order valence-corrected chi connectivity index (χ3v) is 6.27. The SMILES string of the molecule is CC[C@H]1[C@@H](c2ccc(O)c(F)c2)Cc2ccc(O)cc2[C@H]1Cc1ccccc1F. The first-order chi connectivity index (χ1) is 14.0. The Kier molecular flexibility index (Phi) is 5.27. The molecule has 29 heavy (non-hydrogen) atoms. The van der Waals surface area contributed by atoms with E-state index in [1.54, 1.807) is 30.3 Å². The molecule has 0 radical (unpaired) electrons. The van der Waals surface area contributed by atoms with Gasteiger partial charge >= 0.3 is 0 Å². The zero-order valence-electron chi connectivity index (χ0n) is 16.3. The lowest BCUT2D eigenvalue weighted by Crippen LogP contribution is -2.29. The van der Waals surface area contributed by atoms with Crippen LogP contribution in [-0.2, 0) is 12.8 Å². The van der Waals surface area contributed by atoms with Crippen LogP contribution >= 0.6 is 0 Å². The number of hydrogen-bond donors (Lipinski definition) is 2. The van der Waals surface area contributed by atoms with E-state index in [-0.39, 0.29) is 35.1 Å². The zero-order chi connectivity index (χ0) is 20.5. The zero-order valence-corrected chi connectivity index (χ0v) is 16.3. The molecule has 0 fully saturated rings. The van der Waals surface area contributed by atoms with E-state index in [9.17, 15) is 19.0 Å². The summed E-state index contributed by atoms with van der Waals surface area (Å²) in [5, 5.41) is 19.7. The third kappa shape index (κ3) is 3.71. The number of phenolic OH excluding ortho intramolecular Hbond substituents is 2. The van der Waals surface area contributed by atoms with E-state index in [0.717, 1.165) is 23.1 Å². The number of aromatic hydroxyl groups is 2. The second-order valence-corrected chi connectivity index (χ2v) is 7.88. The van der Waals surface area contributed by atoms with Gasteiger partial charge in [0, 0.05) is 0 Å². The standard InChI is InChI=1S/C25H24F2O2/c1-2-19-20(16-8-10-25(29)24(27)13-16)11-15-7-9-18(28)14-21(15)22(19)12-17-5-3-4-6-23(17)26/h3-10,13-14,19-20,22,28-29H,2,11-12H2,1H3/t19-,20+,22-/m0/s1. The summed E-state index contributed by atoms with van der Waals surface area (Å²) in [6, 6.07) is 16.7. The minimum atomic E-state index is -0.625. The quantitative estimate of drug-likeness (QED) is 0.564. The summed E-state index contributed by atoms with van der Waals surface area (Å²) in [6.07, 6.45) is 2.06. The summed E-state index contributed by atoms with van der Waals surface area (Å²) in [5.41, 5.74) is 3.61. The molecule has 3 atom stereocenters. The fraction of sp³-hybridized carbons (Fsp3) is 0.280. The van der Waals surface area contributed by atoms with Gasteiger partial charge in [-0.25, -0.2) is 8.78 Å². The molecule has 0 saturated heterocycles. The maximum absolute atomic E-state index is 14.4. The van der Waals surface area contributed by atoms with Crippen molar-refractivity contribution >= 4 is 0 Å². The van der Waals surface area contributed by atoms with E-state index in [2.05, 4.69) is 6.92 Å². The Morgan fingerprint density at radius 3 is 2.45 bits per heavy atom. The monoisotopic (exact) mass is 394 g/mol. The molecule has 150 valence electrons. The normalized spacial score (nSPS) is 21.0. The summed E-state index contributed by atoms with van der Waals surface area (Å²) >= 11 is 0. The van der Waals surface area contributed by atoms with Gasteiger partial charge in [-0.1, -0.05) is 43.7 Å². The highest BCUT2D eigenvalue weighted by Crippen LogP contribution is 2.48. The molecule has 0 bridgehead atoms. The maximum atomic E-state index is 14.4. The molecule has 0 aromatic heterocycles. The number of hydrogen-bond acceptors (Lipinski definition) is 2. The van der Waals surface area contributed by atoms with Gasteiger partial charge in [0.25, 0.3) is 0 Å². The second-order valence-electron chi connectivity index (χ2n) is 7.88. The van der Waals surface area contributed by atoms with Crippen molar-refractivity contribution in [3.05, 3.63) is 94.6 Å². The van der Waals surface area contributed by atoms with Crippen LogP contribution in [0.1, 0.15) is 47.4 Å². The Balaban J connectivity index is 1.81. The lowest BCUT2D eigenvalue weighted by Gasteiger charge is -2.40. The van der Waals surface area contributed by atoms with Crippen LogP contribution in [0, 0.1) is 17.6 Å². The second kappa shape index (κ2) is 7.86. The predicted molar refractivity (Wildman–Crippen MR) is 109 cm³/mol. The molecule has 0 spiro atoms. The van der Waals surface area contributed by atoms with Crippen LogP contribution in [0.15, 0.2) is 60.7 Å². The molecule has 1 aliphatic rings. The molecular formula is C25H24F2O2. The number of halogens is 2. The first-order valence-corrected chi connectivity index (χ1v) is 10.0. The van der Waals surface area contributed by atoms with Crippen LogP contribution in [0.5, 0.6) is 11.5 Å².